The van der Waals surface area contributed by atoms with Crippen LogP contribution in [0.3, 0.4) is 0 Å². The van der Waals surface area contributed by atoms with Gasteiger partial charge in [-0.1, -0.05) is 12.1 Å². The van der Waals surface area contributed by atoms with E-state index in [0.717, 1.165) is 0 Å². The van der Waals surface area contributed by atoms with E-state index in [2.05, 4.69) is 0 Å². The molecule has 3 aromatic rings. The maximum absolute atomic E-state index is 13.2. The zero-order chi connectivity index (χ0) is 24.2. The third kappa shape index (κ3) is 4.09. The number of aliphatic hydroxyl groups excluding tert-OH is 1. The molecule has 0 aromatic heterocycles. The fourth-order valence-corrected chi connectivity index (χ4v) is 3.95. The van der Waals surface area contributed by atoms with Crippen molar-refractivity contribution in [2.75, 3.05) is 18.6 Å². The van der Waals surface area contributed by atoms with E-state index < -0.39 is 17.7 Å². The first-order valence-corrected chi connectivity index (χ1v) is 10.7. The minimum Gasteiger partial charge on any atom is -0.507 e. The van der Waals surface area contributed by atoms with E-state index in [1.807, 2.05) is 13.0 Å². The Morgan fingerprint density at radius 1 is 1.03 bits per heavy atom. The van der Waals surface area contributed by atoms with Crippen molar-refractivity contribution in [2.24, 2.45) is 0 Å². The smallest absolute Gasteiger partial charge is 0.300 e. The normalized spacial score (nSPS) is 16.9. The molecule has 0 aliphatic carbocycles. The number of aliphatic hydroxyl groups is 1. The first-order chi connectivity index (χ1) is 16.5. The molecule has 0 saturated carbocycles. The van der Waals surface area contributed by atoms with Gasteiger partial charge in [0.2, 0.25) is 0 Å². The van der Waals surface area contributed by atoms with Crippen LogP contribution in [-0.4, -0.2) is 30.5 Å². The molecule has 7 heteroatoms. The second kappa shape index (κ2) is 9.51. The summed E-state index contributed by atoms with van der Waals surface area (Å²) in [5.41, 5.74) is 1.80. The Morgan fingerprint density at radius 2 is 1.74 bits per heavy atom. The van der Waals surface area contributed by atoms with Crippen LogP contribution in [0.2, 0.25) is 0 Å². The SMILES string of the molecule is CCOc1ccc(/C(O)=C2/C(=O)C(=O)N(c3ccc(C#N)cc3)C2c2cccc(OC)c2)cc1. The van der Waals surface area contributed by atoms with Crippen molar-refractivity contribution in [3.8, 4) is 17.6 Å². The van der Waals surface area contributed by atoms with Crippen LogP contribution in [0.25, 0.3) is 5.76 Å². The number of benzene rings is 3. The number of hydrogen-bond donors (Lipinski definition) is 1. The molecule has 1 fully saturated rings. The molecule has 170 valence electrons. The first kappa shape index (κ1) is 22.6. The van der Waals surface area contributed by atoms with Gasteiger partial charge in [0.25, 0.3) is 11.7 Å². The third-order valence-corrected chi connectivity index (χ3v) is 5.57. The lowest BCUT2D eigenvalue weighted by atomic mass is 9.95. The lowest BCUT2D eigenvalue weighted by Gasteiger charge is -2.25. The number of nitriles is 1. The van der Waals surface area contributed by atoms with E-state index >= 15 is 0 Å². The standard InChI is InChI=1S/C27H22N2O5/c1-3-34-21-13-9-18(10-14-21)25(30)23-24(19-5-4-6-22(15-19)33-2)29(27(32)26(23)31)20-11-7-17(16-28)8-12-20/h4-15,24,30H,3H2,1-2H3/b25-23-. The molecule has 1 aliphatic heterocycles. The molecule has 1 aliphatic rings. The average Bonchev–Trinajstić information content (AvgIpc) is 3.14. The molecule has 1 amide bonds. The van der Waals surface area contributed by atoms with Crippen LogP contribution in [-0.2, 0) is 9.59 Å². The lowest BCUT2D eigenvalue weighted by molar-refractivity contribution is -0.132. The number of amides is 1. The molecule has 34 heavy (non-hydrogen) atoms. The number of methoxy groups -OCH3 is 1. The fraction of sp³-hybridized carbons (Fsp3) is 0.148. The van der Waals surface area contributed by atoms with Crippen molar-refractivity contribution in [3.63, 3.8) is 0 Å². The number of anilines is 1. The van der Waals surface area contributed by atoms with E-state index in [4.69, 9.17) is 14.7 Å². The summed E-state index contributed by atoms with van der Waals surface area (Å²) in [6.45, 7) is 2.36. The van der Waals surface area contributed by atoms with Gasteiger partial charge in [0.15, 0.2) is 0 Å². The summed E-state index contributed by atoms with van der Waals surface area (Å²) >= 11 is 0. The first-order valence-electron chi connectivity index (χ1n) is 10.7. The molecular formula is C27H22N2O5. The summed E-state index contributed by atoms with van der Waals surface area (Å²) in [5.74, 6) is -0.690. The predicted molar refractivity (Wildman–Crippen MR) is 127 cm³/mol. The van der Waals surface area contributed by atoms with Crippen LogP contribution in [0.1, 0.15) is 29.7 Å². The molecule has 1 saturated heterocycles. The van der Waals surface area contributed by atoms with Gasteiger partial charge in [-0.25, -0.2) is 0 Å². The van der Waals surface area contributed by atoms with Crippen LogP contribution in [0.4, 0.5) is 5.69 Å². The summed E-state index contributed by atoms with van der Waals surface area (Å²) in [5, 5.41) is 20.3. The number of carbonyl (C=O) groups is 2. The molecule has 0 radical (unpaired) electrons. The number of nitrogens with zero attached hydrogens (tertiary/aromatic N) is 2. The number of hydrogen-bond acceptors (Lipinski definition) is 6. The second-order valence-corrected chi connectivity index (χ2v) is 7.56. The molecule has 3 aromatic carbocycles. The Labute approximate surface area is 197 Å². The van der Waals surface area contributed by atoms with E-state index in [9.17, 15) is 14.7 Å². The molecule has 1 unspecified atom stereocenters. The highest BCUT2D eigenvalue weighted by atomic mass is 16.5. The lowest BCUT2D eigenvalue weighted by Crippen LogP contribution is -2.29. The molecule has 1 heterocycles. The van der Waals surface area contributed by atoms with Crippen molar-refractivity contribution in [3.05, 3.63) is 95.1 Å². The number of Topliss-reactive ketones (excluding diaryl/α,β-unsaturated/α-hetero) is 1. The Hall–Kier alpha value is -4.57. The Balaban J connectivity index is 1.89. The van der Waals surface area contributed by atoms with Crippen LogP contribution in [0.15, 0.2) is 78.4 Å². The fourth-order valence-electron chi connectivity index (χ4n) is 3.95. The van der Waals surface area contributed by atoms with Crippen molar-refractivity contribution in [2.45, 2.75) is 13.0 Å². The zero-order valence-electron chi connectivity index (χ0n) is 18.7. The number of ether oxygens (including phenoxy) is 2. The summed E-state index contributed by atoms with van der Waals surface area (Å²) in [7, 11) is 1.52. The second-order valence-electron chi connectivity index (χ2n) is 7.56. The van der Waals surface area contributed by atoms with Gasteiger partial charge in [-0.15, -0.1) is 0 Å². The number of ketones is 1. The minimum absolute atomic E-state index is 0.0354. The highest BCUT2D eigenvalue weighted by molar-refractivity contribution is 6.51. The Bertz CT molecular complexity index is 1300. The molecular weight excluding hydrogens is 432 g/mol. The molecule has 0 bridgehead atoms. The van der Waals surface area contributed by atoms with Crippen LogP contribution < -0.4 is 14.4 Å². The molecule has 0 spiro atoms. The average molecular weight is 454 g/mol. The van der Waals surface area contributed by atoms with Crippen molar-refractivity contribution in [1.29, 1.82) is 5.26 Å². The van der Waals surface area contributed by atoms with Gasteiger partial charge < -0.3 is 14.6 Å². The van der Waals surface area contributed by atoms with Crippen molar-refractivity contribution in [1.82, 2.24) is 0 Å². The van der Waals surface area contributed by atoms with Crippen LogP contribution >= 0.6 is 0 Å². The van der Waals surface area contributed by atoms with Crippen molar-refractivity contribution < 1.29 is 24.2 Å². The number of carbonyl (C=O) groups excluding carboxylic acids is 2. The molecule has 1 N–H and O–H groups in total. The summed E-state index contributed by atoms with van der Waals surface area (Å²) in [4.78, 5) is 27.7. The largest absolute Gasteiger partial charge is 0.507 e. The van der Waals surface area contributed by atoms with Gasteiger partial charge in [-0.3, -0.25) is 14.5 Å². The topological polar surface area (TPSA) is 99.9 Å². The maximum Gasteiger partial charge on any atom is 0.300 e. The predicted octanol–water partition coefficient (Wildman–Crippen LogP) is 4.59. The number of rotatable bonds is 6. The van der Waals surface area contributed by atoms with E-state index in [0.29, 0.717) is 40.5 Å². The highest BCUT2D eigenvalue weighted by Gasteiger charge is 2.47. The van der Waals surface area contributed by atoms with E-state index in [1.54, 1.807) is 72.8 Å². The molecule has 4 rings (SSSR count). The van der Waals surface area contributed by atoms with Gasteiger partial charge in [-0.05, 0) is 73.2 Å². The van der Waals surface area contributed by atoms with E-state index in [-0.39, 0.29) is 11.3 Å². The molecule has 7 nitrogen and oxygen atoms in total. The van der Waals surface area contributed by atoms with Crippen LogP contribution in [0.5, 0.6) is 11.5 Å². The van der Waals surface area contributed by atoms with Gasteiger partial charge in [0.1, 0.15) is 17.3 Å². The minimum atomic E-state index is -0.894. The summed E-state index contributed by atoms with van der Waals surface area (Å²) in [6.07, 6.45) is 0. The quantitative estimate of drug-likeness (QED) is 0.332. The van der Waals surface area contributed by atoms with Crippen molar-refractivity contribution >= 4 is 23.1 Å². The van der Waals surface area contributed by atoms with Gasteiger partial charge in [0.05, 0.1) is 37.0 Å². The third-order valence-electron chi connectivity index (χ3n) is 5.57. The highest BCUT2D eigenvalue weighted by Crippen LogP contribution is 2.43. The van der Waals surface area contributed by atoms with Gasteiger partial charge in [0, 0.05) is 11.3 Å². The van der Waals surface area contributed by atoms with E-state index in [1.165, 1.54) is 12.0 Å². The zero-order valence-corrected chi connectivity index (χ0v) is 18.7. The summed E-state index contributed by atoms with van der Waals surface area (Å²) < 4.78 is 10.8. The Kier molecular flexibility index (Phi) is 6.33. The van der Waals surface area contributed by atoms with Gasteiger partial charge >= 0.3 is 0 Å². The summed E-state index contributed by atoms with van der Waals surface area (Å²) in [6, 6.07) is 21.1. The Morgan fingerprint density at radius 3 is 2.35 bits per heavy atom. The molecule has 1 atom stereocenters. The van der Waals surface area contributed by atoms with Gasteiger partial charge in [-0.2, -0.15) is 5.26 Å². The maximum atomic E-state index is 13.2. The van der Waals surface area contributed by atoms with Crippen LogP contribution in [0, 0.1) is 11.3 Å². The monoisotopic (exact) mass is 454 g/mol.